The summed E-state index contributed by atoms with van der Waals surface area (Å²) in [6, 6.07) is 49.6. The number of rotatable bonds is 4. The third-order valence-corrected chi connectivity index (χ3v) is 14.2. The minimum atomic E-state index is -0.0924. The average molecular weight is 718 g/mol. The first-order valence-corrected chi connectivity index (χ1v) is 20.8. The highest BCUT2D eigenvalue weighted by Crippen LogP contribution is 2.66. The predicted octanol–water partition coefficient (Wildman–Crippen LogP) is 14.8. The van der Waals surface area contributed by atoms with E-state index in [1.54, 1.807) is 11.1 Å². The molecule has 1 heteroatoms. The van der Waals surface area contributed by atoms with Crippen LogP contribution in [0.5, 0.6) is 0 Å². The quantitative estimate of drug-likeness (QED) is 0.175. The van der Waals surface area contributed by atoms with Crippen LogP contribution in [0, 0.1) is 11.8 Å². The molecule has 276 valence electrons. The molecule has 0 saturated heterocycles. The number of benzene rings is 6. The summed E-state index contributed by atoms with van der Waals surface area (Å²) in [5.74, 6) is 1.55. The number of hydrogen-bond acceptors (Lipinski definition) is 1. The van der Waals surface area contributed by atoms with Crippen LogP contribution in [0.15, 0.2) is 127 Å². The van der Waals surface area contributed by atoms with E-state index in [2.05, 4.69) is 188 Å². The summed E-state index contributed by atoms with van der Waals surface area (Å²) in [5.41, 5.74) is 20.7. The van der Waals surface area contributed by atoms with Crippen molar-refractivity contribution in [2.75, 3.05) is 4.90 Å². The van der Waals surface area contributed by atoms with Gasteiger partial charge in [-0.1, -0.05) is 153 Å². The molecule has 2 saturated carbocycles. The molecule has 3 atom stereocenters. The van der Waals surface area contributed by atoms with E-state index in [9.17, 15) is 0 Å². The van der Waals surface area contributed by atoms with Gasteiger partial charge in [0.25, 0.3) is 0 Å². The standard InChI is InChI=1S/C54H55N/c1-51(2,3)37-29-38(52(4,5)6)31-41(30-37)55(40-25-26-45-43-17-10-12-22-48(43)54(49(45)32-40)33-34-23-24-36(54)27-34)39-16-13-15-35(28-39)42-19-14-20-46-44-18-9-11-21-47(44)53(7,8)50(42)46/h9-22,25-26,28-32,34,36H,23-24,27,33H2,1-8H3. The van der Waals surface area contributed by atoms with E-state index >= 15 is 0 Å². The van der Waals surface area contributed by atoms with E-state index < -0.39 is 0 Å². The summed E-state index contributed by atoms with van der Waals surface area (Å²) in [7, 11) is 0. The third-order valence-electron chi connectivity index (χ3n) is 14.2. The van der Waals surface area contributed by atoms with Crippen LogP contribution in [0.1, 0.15) is 114 Å². The van der Waals surface area contributed by atoms with Gasteiger partial charge in [-0.3, -0.25) is 0 Å². The first-order chi connectivity index (χ1) is 26.2. The van der Waals surface area contributed by atoms with Crippen LogP contribution in [0.4, 0.5) is 17.1 Å². The van der Waals surface area contributed by atoms with Crippen molar-refractivity contribution < 1.29 is 0 Å². The predicted molar refractivity (Wildman–Crippen MR) is 233 cm³/mol. The molecule has 10 rings (SSSR count). The van der Waals surface area contributed by atoms with Crippen molar-refractivity contribution in [2.24, 2.45) is 11.8 Å². The number of hydrogen-bond donors (Lipinski definition) is 0. The topological polar surface area (TPSA) is 3.24 Å². The van der Waals surface area contributed by atoms with Gasteiger partial charge in [-0.15, -0.1) is 0 Å². The van der Waals surface area contributed by atoms with Crippen molar-refractivity contribution in [3.8, 4) is 33.4 Å². The molecule has 0 heterocycles. The Hall–Kier alpha value is -4.88. The molecule has 0 amide bonds. The van der Waals surface area contributed by atoms with Crippen LogP contribution in [-0.4, -0.2) is 0 Å². The molecule has 2 bridgehead atoms. The van der Waals surface area contributed by atoms with Crippen LogP contribution in [0.2, 0.25) is 0 Å². The maximum absolute atomic E-state index is 2.61. The Balaban J connectivity index is 1.20. The first kappa shape index (κ1) is 34.6. The lowest BCUT2D eigenvalue weighted by Crippen LogP contribution is -2.32. The summed E-state index contributed by atoms with van der Waals surface area (Å²) in [6.45, 7) is 18.9. The van der Waals surface area contributed by atoms with Gasteiger partial charge in [-0.05, 0) is 145 Å². The molecule has 4 aliphatic rings. The van der Waals surface area contributed by atoms with E-state index in [0.717, 1.165) is 11.8 Å². The zero-order chi connectivity index (χ0) is 38.1. The summed E-state index contributed by atoms with van der Waals surface area (Å²) in [6.07, 6.45) is 5.39. The fourth-order valence-electron chi connectivity index (χ4n) is 11.5. The number of nitrogens with zero attached hydrogens (tertiary/aromatic N) is 1. The maximum Gasteiger partial charge on any atom is 0.0467 e. The van der Waals surface area contributed by atoms with Crippen molar-refractivity contribution in [2.45, 2.75) is 103 Å². The van der Waals surface area contributed by atoms with E-state index in [1.165, 1.54) is 98.4 Å². The second kappa shape index (κ2) is 11.8. The molecule has 1 spiro atoms. The Morgan fingerprint density at radius 2 is 1.11 bits per heavy atom. The molecule has 55 heavy (non-hydrogen) atoms. The van der Waals surface area contributed by atoms with Crippen LogP contribution >= 0.6 is 0 Å². The van der Waals surface area contributed by atoms with Gasteiger partial charge >= 0.3 is 0 Å². The maximum atomic E-state index is 2.61. The van der Waals surface area contributed by atoms with Gasteiger partial charge in [0.2, 0.25) is 0 Å². The Labute approximate surface area is 329 Å². The van der Waals surface area contributed by atoms with Gasteiger partial charge in [-0.25, -0.2) is 0 Å². The van der Waals surface area contributed by atoms with Crippen molar-refractivity contribution in [3.05, 3.63) is 161 Å². The minimum Gasteiger partial charge on any atom is -0.310 e. The Kier molecular flexibility index (Phi) is 7.43. The summed E-state index contributed by atoms with van der Waals surface area (Å²) < 4.78 is 0. The van der Waals surface area contributed by atoms with Gasteiger partial charge < -0.3 is 4.90 Å². The van der Waals surface area contributed by atoms with Crippen molar-refractivity contribution >= 4 is 17.1 Å². The Morgan fingerprint density at radius 3 is 1.78 bits per heavy atom. The highest BCUT2D eigenvalue weighted by atomic mass is 15.1. The smallest absolute Gasteiger partial charge is 0.0467 e. The van der Waals surface area contributed by atoms with Crippen LogP contribution in [-0.2, 0) is 21.7 Å². The largest absolute Gasteiger partial charge is 0.310 e. The highest BCUT2D eigenvalue weighted by Gasteiger charge is 2.56. The number of anilines is 3. The summed E-state index contributed by atoms with van der Waals surface area (Å²) >= 11 is 0. The fourth-order valence-corrected chi connectivity index (χ4v) is 11.5. The molecule has 0 aromatic heterocycles. The molecule has 4 aliphatic carbocycles. The Bertz CT molecular complexity index is 2480. The van der Waals surface area contributed by atoms with Crippen molar-refractivity contribution in [3.63, 3.8) is 0 Å². The highest BCUT2D eigenvalue weighted by molar-refractivity contribution is 5.91. The second-order valence-corrected chi connectivity index (χ2v) is 19.9. The lowest BCUT2D eigenvalue weighted by Gasteiger charge is -2.37. The molecule has 6 aromatic rings. The monoisotopic (exact) mass is 717 g/mol. The van der Waals surface area contributed by atoms with Gasteiger partial charge in [0.1, 0.15) is 0 Å². The van der Waals surface area contributed by atoms with Crippen LogP contribution < -0.4 is 4.90 Å². The molecular formula is C54H55N. The molecule has 0 aliphatic heterocycles. The summed E-state index contributed by atoms with van der Waals surface area (Å²) in [5, 5.41) is 0. The van der Waals surface area contributed by atoms with Crippen molar-refractivity contribution in [1.82, 2.24) is 0 Å². The van der Waals surface area contributed by atoms with Gasteiger partial charge in [0, 0.05) is 27.9 Å². The zero-order valence-corrected chi connectivity index (χ0v) is 34.1. The molecule has 0 N–H and O–H groups in total. The molecule has 6 aromatic carbocycles. The normalized spacial score (nSPS) is 21.4. The molecule has 3 unspecified atom stereocenters. The zero-order valence-electron chi connectivity index (χ0n) is 34.1. The molecule has 2 fully saturated rings. The lowest BCUT2D eigenvalue weighted by molar-refractivity contribution is 0.327. The number of fused-ring (bicyclic) bond motifs is 11. The van der Waals surface area contributed by atoms with Gasteiger partial charge in [0.15, 0.2) is 0 Å². The first-order valence-electron chi connectivity index (χ1n) is 20.8. The van der Waals surface area contributed by atoms with Crippen molar-refractivity contribution in [1.29, 1.82) is 0 Å². The second-order valence-electron chi connectivity index (χ2n) is 19.9. The van der Waals surface area contributed by atoms with Crippen LogP contribution in [0.3, 0.4) is 0 Å². The minimum absolute atomic E-state index is 0.00142. The van der Waals surface area contributed by atoms with Gasteiger partial charge in [0.05, 0.1) is 0 Å². The van der Waals surface area contributed by atoms with E-state index in [4.69, 9.17) is 0 Å². The molecule has 1 nitrogen and oxygen atoms in total. The molecular weight excluding hydrogens is 663 g/mol. The SMILES string of the molecule is CC(C)(C)c1cc(N(c2cccc(-c3cccc4c3C(C)(C)c3ccccc3-4)c2)c2ccc3c(c2)C2(CC4CCC2C4)c2ccccc2-3)cc(C(C)(C)C)c1. The van der Waals surface area contributed by atoms with E-state index in [1.807, 2.05) is 0 Å². The average Bonchev–Trinajstić information content (AvgIpc) is 3.91. The van der Waals surface area contributed by atoms with Crippen LogP contribution in [0.25, 0.3) is 33.4 Å². The van der Waals surface area contributed by atoms with Gasteiger partial charge in [-0.2, -0.15) is 0 Å². The van der Waals surface area contributed by atoms with E-state index in [-0.39, 0.29) is 21.7 Å². The van der Waals surface area contributed by atoms with E-state index in [0.29, 0.717) is 0 Å². The summed E-state index contributed by atoms with van der Waals surface area (Å²) in [4.78, 5) is 2.58. The fraction of sp³-hybridized carbons (Fsp3) is 0.333. The lowest BCUT2D eigenvalue weighted by atomic mass is 9.67. The molecule has 0 radical (unpaired) electrons. The Morgan fingerprint density at radius 1 is 0.509 bits per heavy atom. The third kappa shape index (κ3) is 5.11.